The van der Waals surface area contributed by atoms with Crippen molar-refractivity contribution in [3.63, 3.8) is 0 Å². The van der Waals surface area contributed by atoms with E-state index in [0.717, 1.165) is 58.3 Å². The zero-order valence-corrected chi connectivity index (χ0v) is 17.6. The van der Waals surface area contributed by atoms with Crippen LogP contribution >= 0.6 is 23.1 Å². The molecule has 8 heteroatoms. The minimum Gasteiger partial charge on any atom is -0.379 e. The van der Waals surface area contributed by atoms with E-state index in [1.807, 2.05) is 6.20 Å². The summed E-state index contributed by atoms with van der Waals surface area (Å²) in [6.45, 7) is 10.6. The van der Waals surface area contributed by atoms with Crippen LogP contribution in [0.5, 0.6) is 0 Å². The fourth-order valence-electron chi connectivity index (χ4n) is 3.48. The Morgan fingerprint density at radius 3 is 2.88 bits per heavy atom. The number of thiazole rings is 1. The van der Waals surface area contributed by atoms with E-state index in [9.17, 15) is 0 Å². The van der Waals surface area contributed by atoms with E-state index in [4.69, 9.17) is 9.73 Å². The third kappa shape index (κ3) is 5.34. The number of thioether (sulfide) groups is 1. The zero-order valence-electron chi connectivity index (χ0n) is 15.9. The lowest BCUT2D eigenvalue weighted by atomic mass is 9.96. The molecule has 2 N–H and O–H groups in total. The SMILES string of the molecule is CCNC(=NCC1(N2CCOCC2)CCSC1)NCCc1ncc(C)s1. The molecule has 6 nitrogen and oxygen atoms in total. The van der Waals surface area contributed by atoms with Gasteiger partial charge in [0.05, 0.1) is 30.3 Å². The van der Waals surface area contributed by atoms with Gasteiger partial charge in [0.1, 0.15) is 0 Å². The molecule has 1 aromatic heterocycles. The molecule has 2 saturated heterocycles. The molecular weight excluding hydrogens is 366 g/mol. The van der Waals surface area contributed by atoms with Gasteiger partial charge in [-0.1, -0.05) is 0 Å². The molecule has 0 aliphatic carbocycles. The maximum Gasteiger partial charge on any atom is 0.191 e. The van der Waals surface area contributed by atoms with Crippen molar-refractivity contribution in [1.82, 2.24) is 20.5 Å². The summed E-state index contributed by atoms with van der Waals surface area (Å²) in [5.74, 6) is 3.33. The van der Waals surface area contributed by atoms with Gasteiger partial charge in [0.25, 0.3) is 0 Å². The number of guanidine groups is 1. The molecule has 0 spiro atoms. The molecule has 0 amide bonds. The first-order valence-electron chi connectivity index (χ1n) is 9.56. The molecule has 2 aliphatic heterocycles. The molecule has 1 unspecified atom stereocenters. The van der Waals surface area contributed by atoms with E-state index in [2.05, 4.69) is 46.1 Å². The number of hydrogen-bond donors (Lipinski definition) is 2. The van der Waals surface area contributed by atoms with Crippen LogP contribution in [-0.4, -0.2) is 78.8 Å². The molecule has 0 aromatic carbocycles. The Kier molecular flexibility index (Phi) is 7.60. The van der Waals surface area contributed by atoms with E-state index in [1.54, 1.807) is 11.3 Å². The standard InChI is InChI=1S/C18H31N5OS2/c1-3-19-17(20-6-4-16-21-12-15(2)26-16)22-13-18(5-11-25-14-18)23-7-9-24-10-8-23/h12H,3-11,13-14H2,1-2H3,(H2,19,20,22). The van der Waals surface area contributed by atoms with Gasteiger partial charge in [-0.05, 0) is 26.0 Å². The molecule has 2 fully saturated rings. The number of aliphatic imine (C=N–C) groups is 1. The molecular formula is C18H31N5OS2. The Hall–Kier alpha value is -0.830. The second kappa shape index (κ2) is 9.92. The van der Waals surface area contributed by atoms with Crippen molar-refractivity contribution in [3.8, 4) is 0 Å². The van der Waals surface area contributed by atoms with Crippen molar-refractivity contribution in [2.45, 2.75) is 32.2 Å². The van der Waals surface area contributed by atoms with E-state index in [-0.39, 0.29) is 5.54 Å². The van der Waals surface area contributed by atoms with Crippen LogP contribution in [0.15, 0.2) is 11.2 Å². The predicted molar refractivity (Wildman–Crippen MR) is 112 cm³/mol. The predicted octanol–water partition coefficient (Wildman–Crippen LogP) is 1.76. The lowest BCUT2D eigenvalue weighted by Crippen LogP contribution is -2.56. The third-order valence-corrected chi connectivity index (χ3v) is 7.15. The van der Waals surface area contributed by atoms with E-state index in [1.165, 1.54) is 27.8 Å². The van der Waals surface area contributed by atoms with Crippen molar-refractivity contribution in [3.05, 3.63) is 16.1 Å². The Balaban J connectivity index is 1.57. The average Bonchev–Trinajstić information content (AvgIpc) is 3.30. The number of ether oxygens (including phenoxy) is 1. The quantitative estimate of drug-likeness (QED) is 0.540. The molecule has 146 valence electrons. The number of nitrogens with zero attached hydrogens (tertiary/aromatic N) is 3. The summed E-state index contributed by atoms with van der Waals surface area (Å²) in [6, 6.07) is 0. The molecule has 0 radical (unpaired) electrons. The maximum atomic E-state index is 5.55. The number of morpholine rings is 1. The lowest BCUT2D eigenvalue weighted by molar-refractivity contribution is -0.0104. The minimum absolute atomic E-state index is 0.198. The summed E-state index contributed by atoms with van der Waals surface area (Å²) in [7, 11) is 0. The van der Waals surface area contributed by atoms with Crippen molar-refractivity contribution in [2.24, 2.45) is 4.99 Å². The van der Waals surface area contributed by atoms with Crippen LogP contribution in [0.25, 0.3) is 0 Å². The van der Waals surface area contributed by atoms with Crippen molar-refractivity contribution >= 4 is 29.1 Å². The van der Waals surface area contributed by atoms with Gasteiger partial charge in [0, 0.05) is 49.4 Å². The molecule has 3 rings (SSSR count). The summed E-state index contributed by atoms with van der Waals surface area (Å²) in [5.41, 5.74) is 0.198. The minimum atomic E-state index is 0.198. The van der Waals surface area contributed by atoms with Gasteiger partial charge in [-0.3, -0.25) is 9.89 Å². The number of aryl methyl sites for hydroxylation is 1. The molecule has 0 bridgehead atoms. The Morgan fingerprint density at radius 2 is 2.23 bits per heavy atom. The second-order valence-corrected chi connectivity index (χ2v) is 9.29. The number of nitrogens with one attached hydrogen (secondary N) is 2. The van der Waals surface area contributed by atoms with E-state index >= 15 is 0 Å². The van der Waals surface area contributed by atoms with Crippen molar-refractivity contribution in [1.29, 1.82) is 0 Å². The maximum absolute atomic E-state index is 5.55. The number of hydrogen-bond acceptors (Lipinski definition) is 6. The highest BCUT2D eigenvalue weighted by Gasteiger charge is 2.40. The normalized spacial score (nSPS) is 24.8. The summed E-state index contributed by atoms with van der Waals surface area (Å²) in [6.07, 6.45) is 4.11. The summed E-state index contributed by atoms with van der Waals surface area (Å²) in [4.78, 5) is 13.3. The molecule has 2 aliphatic rings. The lowest BCUT2D eigenvalue weighted by Gasteiger charge is -2.42. The highest BCUT2D eigenvalue weighted by Crippen LogP contribution is 2.34. The van der Waals surface area contributed by atoms with E-state index in [0.29, 0.717) is 0 Å². The van der Waals surface area contributed by atoms with Crippen LogP contribution in [0.3, 0.4) is 0 Å². The van der Waals surface area contributed by atoms with Crippen molar-refractivity contribution < 1.29 is 4.74 Å². The Morgan fingerprint density at radius 1 is 1.38 bits per heavy atom. The molecule has 26 heavy (non-hydrogen) atoms. The highest BCUT2D eigenvalue weighted by atomic mass is 32.2. The van der Waals surface area contributed by atoms with Crippen LogP contribution < -0.4 is 10.6 Å². The summed E-state index contributed by atoms with van der Waals surface area (Å²) < 4.78 is 5.55. The van der Waals surface area contributed by atoms with Gasteiger partial charge < -0.3 is 15.4 Å². The van der Waals surface area contributed by atoms with Gasteiger partial charge in [-0.15, -0.1) is 11.3 Å². The fraction of sp³-hybridized carbons (Fsp3) is 0.778. The zero-order chi connectivity index (χ0) is 18.2. The van der Waals surface area contributed by atoms with E-state index < -0.39 is 0 Å². The van der Waals surface area contributed by atoms with Crippen LogP contribution in [-0.2, 0) is 11.2 Å². The van der Waals surface area contributed by atoms with Crippen LogP contribution in [0.2, 0.25) is 0 Å². The molecule has 0 saturated carbocycles. The van der Waals surface area contributed by atoms with Crippen molar-refractivity contribution in [2.75, 3.05) is 57.4 Å². The van der Waals surface area contributed by atoms with Gasteiger partial charge in [-0.2, -0.15) is 11.8 Å². The smallest absolute Gasteiger partial charge is 0.191 e. The topological polar surface area (TPSA) is 61.8 Å². The molecule has 1 aromatic rings. The molecule has 1 atom stereocenters. The molecule has 3 heterocycles. The largest absolute Gasteiger partial charge is 0.379 e. The van der Waals surface area contributed by atoms with Gasteiger partial charge >= 0.3 is 0 Å². The second-order valence-electron chi connectivity index (χ2n) is 6.86. The first-order valence-corrected chi connectivity index (χ1v) is 11.5. The number of aromatic nitrogens is 1. The van der Waals surface area contributed by atoms with Crippen LogP contribution in [0.1, 0.15) is 23.2 Å². The Labute approximate surface area is 165 Å². The third-order valence-electron chi connectivity index (χ3n) is 4.94. The van der Waals surface area contributed by atoms with Crippen LogP contribution in [0, 0.1) is 6.92 Å². The average molecular weight is 398 g/mol. The first-order chi connectivity index (χ1) is 12.7. The monoisotopic (exact) mass is 397 g/mol. The van der Waals surface area contributed by atoms with Gasteiger partial charge in [0.2, 0.25) is 0 Å². The Bertz CT molecular complexity index is 580. The first kappa shape index (κ1) is 19.9. The number of rotatable bonds is 7. The van der Waals surface area contributed by atoms with Gasteiger partial charge in [0.15, 0.2) is 5.96 Å². The fourth-order valence-corrected chi connectivity index (χ4v) is 5.73. The van der Waals surface area contributed by atoms with Crippen LogP contribution in [0.4, 0.5) is 0 Å². The summed E-state index contributed by atoms with van der Waals surface area (Å²) in [5, 5.41) is 8.05. The summed E-state index contributed by atoms with van der Waals surface area (Å²) >= 11 is 3.83. The van der Waals surface area contributed by atoms with Gasteiger partial charge in [-0.25, -0.2) is 4.98 Å². The highest BCUT2D eigenvalue weighted by molar-refractivity contribution is 7.99.